The highest BCUT2D eigenvalue weighted by Gasteiger charge is 2.03. The number of benzene rings is 1. The van der Waals surface area contributed by atoms with Gasteiger partial charge in [0.25, 0.3) is 5.69 Å². The van der Waals surface area contributed by atoms with Crippen molar-refractivity contribution >= 4 is 5.69 Å². The van der Waals surface area contributed by atoms with E-state index in [1.54, 1.807) is 12.1 Å². The SMILES string of the molecule is CC(C)COCCNCCOc1ccc([N+](=O)[O-])cc1. The van der Waals surface area contributed by atoms with Crippen LogP contribution in [-0.2, 0) is 4.74 Å². The summed E-state index contributed by atoms with van der Waals surface area (Å²) in [4.78, 5) is 10.1. The maximum absolute atomic E-state index is 10.5. The Labute approximate surface area is 119 Å². The normalized spacial score (nSPS) is 10.8. The first kappa shape index (κ1) is 16.4. The van der Waals surface area contributed by atoms with Crippen LogP contribution in [0.3, 0.4) is 0 Å². The third kappa shape index (κ3) is 7.06. The van der Waals surface area contributed by atoms with Crippen LogP contribution in [0.5, 0.6) is 5.75 Å². The van der Waals surface area contributed by atoms with E-state index in [1.807, 2.05) is 0 Å². The number of rotatable bonds is 10. The van der Waals surface area contributed by atoms with Gasteiger partial charge in [-0.15, -0.1) is 0 Å². The van der Waals surface area contributed by atoms with Crippen molar-refractivity contribution in [2.24, 2.45) is 5.92 Å². The first-order valence-electron chi connectivity index (χ1n) is 6.75. The molecule has 0 heterocycles. The highest BCUT2D eigenvalue weighted by molar-refractivity contribution is 5.35. The van der Waals surface area contributed by atoms with Crippen molar-refractivity contribution in [2.75, 3.05) is 32.9 Å². The smallest absolute Gasteiger partial charge is 0.269 e. The molecule has 0 aliphatic heterocycles. The van der Waals surface area contributed by atoms with Crippen LogP contribution in [0.25, 0.3) is 0 Å². The number of ether oxygens (including phenoxy) is 2. The molecule has 0 aromatic heterocycles. The number of hydrogen-bond donors (Lipinski definition) is 1. The molecule has 0 fully saturated rings. The highest BCUT2D eigenvalue weighted by atomic mass is 16.6. The fourth-order valence-corrected chi connectivity index (χ4v) is 1.49. The van der Waals surface area contributed by atoms with E-state index in [4.69, 9.17) is 9.47 Å². The zero-order valence-electron chi connectivity index (χ0n) is 12.0. The van der Waals surface area contributed by atoms with Gasteiger partial charge in [0.1, 0.15) is 12.4 Å². The molecule has 6 nitrogen and oxygen atoms in total. The largest absolute Gasteiger partial charge is 0.492 e. The minimum atomic E-state index is -0.428. The molecule has 0 saturated heterocycles. The summed E-state index contributed by atoms with van der Waals surface area (Å²) in [7, 11) is 0. The molecule has 20 heavy (non-hydrogen) atoms. The minimum Gasteiger partial charge on any atom is -0.492 e. The molecule has 1 rings (SSSR count). The van der Waals surface area contributed by atoms with Gasteiger partial charge in [0.15, 0.2) is 0 Å². The van der Waals surface area contributed by atoms with Gasteiger partial charge >= 0.3 is 0 Å². The topological polar surface area (TPSA) is 73.6 Å². The van der Waals surface area contributed by atoms with Gasteiger partial charge in [-0.1, -0.05) is 13.8 Å². The summed E-state index contributed by atoms with van der Waals surface area (Å²) in [5.41, 5.74) is 0.0674. The van der Waals surface area contributed by atoms with Crippen LogP contribution in [-0.4, -0.2) is 37.8 Å². The molecule has 1 aromatic rings. The molecule has 0 saturated carbocycles. The Balaban J connectivity index is 2.05. The highest BCUT2D eigenvalue weighted by Crippen LogP contribution is 2.16. The molecule has 0 spiro atoms. The molecule has 0 aliphatic carbocycles. The number of non-ortho nitro benzene ring substituents is 1. The van der Waals surface area contributed by atoms with E-state index in [1.165, 1.54) is 12.1 Å². The first-order chi connectivity index (χ1) is 9.59. The Bertz CT molecular complexity index is 393. The predicted molar refractivity (Wildman–Crippen MR) is 77.1 cm³/mol. The van der Waals surface area contributed by atoms with Crippen molar-refractivity contribution < 1.29 is 14.4 Å². The fraction of sp³-hybridized carbons (Fsp3) is 0.571. The van der Waals surface area contributed by atoms with Gasteiger partial charge in [-0.05, 0) is 18.1 Å². The van der Waals surface area contributed by atoms with Gasteiger partial charge in [0.05, 0.1) is 11.5 Å². The molecule has 112 valence electrons. The van der Waals surface area contributed by atoms with Crippen LogP contribution in [0.1, 0.15) is 13.8 Å². The van der Waals surface area contributed by atoms with Gasteiger partial charge in [-0.25, -0.2) is 0 Å². The average molecular weight is 282 g/mol. The molecule has 1 aromatic carbocycles. The zero-order valence-corrected chi connectivity index (χ0v) is 12.0. The summed E-state index contributed by atoms with van der Waals surface area (Å²) in [6, 6.07) is 6.07. The second-order valence-corrected chi connectivity index (χ2v) is 4.82. The third-order valence-electron chi connectivity index (χ3n) is 2.47. The maximum atomic E-state index is 10.5. The summed E-state index contributed by atoms with van der Waals surface area (Å²) in [6.07, 6.45) is 0. The summed E-state index contributed by atoms with van der Waals surface area (Å²) in [5, 5.41) is 13.7. The van der Waals surface area contributed by atoms with Gasteiger partial charge in [0, 0.05) is 31.8 Å². The van der Waals surface area contributed by atoms with Crippen LogP contribution in [0.2, 0.25) is 0 Å². The Hall–Kier alpha value is -1.66. The Kier molecular flexibility index (Phi) is 7.60. The van der Waals surface area contributed by atoms with Gasteiger partial charge in [-0.3, -0.25) is 10.1 Å². The molecule has 0 radical (unpaired) electrons. The lowest BCUT2D eigenvalue weighted by Crippen LogP contribution is -2.25. The minimum absolute atomic E-state index is 0.0674. The number of nitro groups is 1. The average Bonchev–Trinajstić information content (AvgIpc) is 2.42. The van der Waals surface area contributed by atoms with Gasteiger partial charge in [-0.2, -0.15) is 0 Å². The van der Waals surface area contributed by atoms with Crippen molar-refractivity contribution in [1.29, 1.82) is 0 Å². The molecule has 1 N–H and O–H groups in total. The molecule has 0 amide bonds. The van der Waals surface area contributed by atoms with Crippen molar-refractivity contribution in [3.05, 3.63) is 34.4 Å². The maximum Gasteiger partial charge on any atom is 0.269 e. The van der Waals surface area contributed by atoms with Gasteiger partial charge in [0.2, 0.25) is 0 Å². The lowest BCUT2D eigenvalue weighted by Gasteiger charge is -2.09. The fourth-order valence-electron chi connectivity index (χ4n) is 1.49. The van der Waals surface area contributed by atoms with Crippen LogP contribution >= 0.6 is 0 Å². The van der Waals surface area contributed by atoms with E-state index in [0.29, 0.717) is 31.4 Å². The van der Waals surface area contributed by atoms with Crippen molar-refractivity contribution in [1.82, 2.24) is 5.32 Å². The van der Waals surface area contributed by atoms with E-state index in [0.717, 1.165) is 13.2 Å². The third-order valence-corrected chi connectivity index (χ3v) is 2.47. The quantitative estimate of drug-likeness (QED) is 0.405. The van der Waals surface area contributed by atoms with E-state index in [2.05, 4.69) is 19.2 Å². The van der Waals surface area contributed by atoms with E-state index in [-0.39, 0.29) is 5.69 Å². The van der Waals surface area contributed by atoms with Crippen molar-refractivity contribution in [3.63, 3.8) is 0 Å². The van der Waals surface area contributed by atoms with Crippen molar-refractivity contribution in [2.45, 2.75) is 13.8 Å². The molecular weight excluding hydrogens is 260 g/mol. The molecule has 0 bridgehead atoms. The van der Waals surface area contributed by atoms with Crippen LogP contribution in [0.15, 0.2) is 24.3 Å². The van der Waals surface area contributed by atoms with Crippen LogP contribution in [0.4, 0.5) is 5.69 Å². The van der Waals surface area contributed by atoms with Crippen LogP contribution < -0.4 is 10.1 Å². The zero-order chi connectivity index (χ0) is 14.8. The summed E-state index contributed by atoms with van der Waals surface area (Å²) in [6.45, 7) is 7.72. The molecule has 0 aliphatic rings. The number of nitrogens with zero attached hydrogens (tertiary/aromatic N) is 1. The molecule has 6 heteroatoms. The Morgan fingerprint density at radius 1 is 1.20 bits per heavy atom. The molecule has 0 unspecified atom stereocenters. The first-order valence-corrected chi connectivity index (χ1v) is 6.75. The standard InChI is InChI=1S/C14H22N2O4/c1-12(2)11-19-9-7-15-8-10-20-14-5-3-13(4-6-14)16(17)18/h3-6,12,15H,7-11H2,1-2H3. The Morgan fingerprint density at radius 2 is 1.85 bits per heavy atom. The van der Waals surface area contributed by atoms with E-state index < -0.39 is 4.92 Å². The Morgan fingerprint density at radius 3 is 2.45 bits per heavy atom. The second kappa shape index (κ2) is 9.28. The summed E-state index contributed by atoms with van der Waals surface area (Å²) < 4.78 is 10.9. The number of nitro benzene ring substituents is 1. The van der Waals surface area contributed by atoms with E-state index >= 15 is 0 Å². The second-order valence-electron chi connectivity index (χ2n) is 4.82. The van der Waals surface area contributed by atoms with E-state index in [9.17, 15) is 10.1 Å². The summed E-state index contributed by atoms with van der Waals surface area (Å²) in [5.74, 6) is 1.19. The number of hydrogen-bond acceptors (Lipinski definition) is 5. The monoisotopic (exact) mass is 282 g/mol. The van der Waals surface area contributed by atoms with Crippen LogP contribution in [0, 0.1) is 16.0 Å². The van der Waals surface area contributed by atoms with Crippen molar-refractivity contribution in [3.8, 4) is 5.75 Å². The number of nitrogens with one attached hydrogen (secondary N) is 1. The predicted octanol–water partition coefficient (Wildman–Crippen LogP) is 2.24. The summed E-state index contributed by atoms with van der Waals surface area (Å²) >= 11 is 0. The lowest BCUT2D eigenvalue weighted by atomic mass is 10.2. The lowest BCUT2D eigenvalue weighted by molar-refractivity contribution is -0.384. The molecule has 0 atom stereocenters. The molecular formula is C14H22N2O4. The van der Waals surface area contributed by atoms with Gasteiger partial charge < -0.3 is 14.8 Å².